The largest absolute Gasteiger partial charge is 0.494 e. The van der Waals surface area contributed by atoms with Gasteiger partial charge in [-0.05, 0) is 37.9 Å². The van der Waals surface area contributed by atoms with Crippen LogP contribution in [0.5, 0.6) is 5.75 Å². The van der Waals surface area contributed by atoms with Crippen molar-refractivity contribution in [3.8, 4) is 5.75 Å². The van der Waals surface area contributed by atoms with Crippen LogP contribution in [0.2, 0.25) is 0 Å². The molecule has 1 aromatic rings. The highest BCUT2D eigenvalue weighted by molar-refractivity contribution is 5.50. The van der Waals surface area contributed by atoms with Crippen molar-refractivity contribution in [1.82, 2.24) is 5.32 Å². The van der Waals surface area contributed by atoms with Crippen LogP contribution >= 0.6 is 0 Å². The minimum absolute atomic E-state index is 0.132. The van der Waals surface area contributed by atoms with Gasteiger partial charge in [0.25, 0.3) is 0 Å². The molecule has 1 aliphatic rings. The summed E-state index contributed by atoms with van der Waals surface area (Å²) in [5.41, 5.74) is 1.07. The lowest BCUT2D eigenvalue weighted by Crippen LogP contribution is -2.50. The van der Waals surface area contributed by atoms with Crippen LogP contribution in [0.15, 0.2) is 18.2 Å². The molecule has 4 heteroatoms. The van der Waals surface area contributed by atoms with E-state index in [9.17, 15) is 4.39 Å². The molecule has 0 radical (unpaired) electrons. The number of benzene rings is 1. The quantitative estimate of drug-likeness (QED) is 0.916. The second-order valence-electron chi connectivity index (χ2n) is 5.51. The Morgan fingerprint density at radius 2 is 2.10 bits per heavy atom. The Balaban J connectivity index is 2.24. The number of nitrogens with zero attached hydrogens (tertiary/aromatic N) is 1. The van der Waals surface area contributed by atoms with Gasteiger partial charge < -0.3 is 15.0 Å². The Labute approximate surface area is 121 Å². The van der Waals surface area contributed by atoms with E-state index in [0.717, 1.165) is 44.6 Å². The fourth-order valence-corrected chi connectivity index (χ4v) is 2.92. The summed E-state index contributed by atoms with van der Waals surface area (Å²) in [5, 5.41) is 3.67. The normalized spacial score (nSPS) is 18.7. The maximum absolute atomic E-state index is 13.9. The van der Waals surface area contributed by atoms with E-state index in [-0.39, 0.29) is 11.4 Å². The molecule has 3 nitrogen and oxygen atoms in total. The first-order valence-corrected chi connectivity index (χ1v) is 7.47. The summed E-state index contributed by atoms with van der Waals surface area (Å²) in [6.07, 6.45) is 3.24. The lowest BCUT2D eigenvalue weighted by atomic mass is 9.92. The van der Waals surface area contributed by atoms with Crippen molar-refractivity contribution in [2.24, 2.45) is 0 Å². The van der Waals surface area contributed by atoms with Crippen LogP contribution in [0.4, 0.5) is 10.1 Å². The van der Waals surface area contributed by atoms with Crippen molar-refractivity contribution in [3.05, 3.63) is 24.0 Å². The Morgan fingerprint density at radius 1 is 1.35 bits per heavy atom. The minimum atomic E-state index is -0.291. The molecule has 0 amide bonds. The van der Waals surface area contributed by atoms with Gasteiger partial charge >= 0.3 is 0 Å². The van der Waals surface area contributed by atoms with E-state index in [0.29, 0.717) is 5.75 Å². The topological polar surface area (TPSA) is 24.5 Å². The number of nitrogens with one attached hydrogen (secondary N) is 1. The molecule has 1 saturated heterocycles. The summed E-state index contributed by atoms with van der Waals surface area (Å²) in [6.45, 7) is 7.34. The standard InChI is InChI=1S/C16H25FN2O/c1-4-16(5-2)12-19(10-6-9-18-16)13-7-8-15(20-3)14(17)11-13/h7-8,11,18H,4-6,9-10,12H2,1-3H3. The van der Waals surface area contributed by atoms with Crippen LogP contribution in [-0.4, -0.2) is 32.3 Å². The molecule has 0 spiro atoms. The molecule has 1 fully saturated rings. The fourth-order valence-electron chi connectivity index (χ4n) is 2.92. The van der Waals surface area contributed by atoms with Crippen molar-refractivity contribution in [3.63, 3.8) is 0 Å². The molecule has 20 heavy (non-hydrogen) atoms. The van der Waals surface area contributed by atoms with Crippen molar-refractivity contribution >= 4 is 5.69 Å². The first-order chi connectivity index (χ1) is 9.64. The van der Waals surface area contributed by atoms with E-state index in [1.54, 1.807) is 12.1 Å². The number of methoxy groups -OCH3 is 1. The highest BCUT2D eigenvalue weighted by atomic mass is 19.1. The van der Waals surface area contributed by atoms with E-state index >= 15 is 0 Å². The average molecular weight is 280 g/mol. The molecule has 0 bridgehead atoms. The monoisotopic (exact) mass is 280 g/mol. The van der Waals surface area contributed by atoms with Gasteiger partial charge in [-0.25, -0.2) is 4.39 Å². The Morgan fingerprint density at radius 3 is 2.70 bits per heavy atom. The van der Waals surface area contributed by atoms with Gasteiger partial charge in [-0.3, -0.25) is 0 Å². The Kier molecular flexibility index (Phi) is 4.86. The number of hydrogen-bond donors (Lipinski definition) is 1. The van der Waals surface area contributed by atoms with Gasteiger partial charge in [-0.15, -0.1) is 0 Å². The summed E-state index contributed by atoms with van der Waals surface area (Å²) >= 11 is 0. The number of halogens is 1. The zero-order chi connectivity index (χ0) is 14.6. The summed E-state index contributed by atoms with van der Waals surface area (Å²) in [7, 11) is 1.49. The van der Waals surface area contributed by atoms with Crippen molar-refractivity contribution in [1.29, 1.82) is 0 Å². The first kappa shape index (κ1) is 15.1. The number of anilines is 1. The van der Waals surface area contributed by atoms with E-state index < -0.39 is 0 Å². The summed E-state index contributed by atoms with van der Waals surface area (Å²) < 4.78 is 18.9. The predicted octanol–water partition coefficient (Wildman–Crippen LogP) is 3.19. The highest BCUT2D eigenvalue weighted by Crippen LogP contribution is 2.27. The predicted molar refractivity (Wildman–Crippen MR) is 81.1 cm³/mol. The third kappa shape index (κ3) is 3.06. The van der Waals surface area contributed by atoms with Crippen molar-refractivity contribution < 1.29 is 9.13 Å². The third-order valence-corrected chi connectivity index (χ3v) is 4.45. The highest BCUT2D eigenvalue weighted by Gasteiger charge is 2.30. The Bertz CT molecular complexity index is 446. The second-order valence-corrected chi connectivity index (χ2v) is 5.51. The van der Waals surface area contributed by atoms with Gasteiger partial charge in [0, 0.05) is 30.4 Å². The molecule has 0 aromatic heterocycles. The zero-order valence-electron chi connectivity index (χ0n) is 12.7. The average Bonchev–Trinajstić information content (AvgIpc) is 2.70. The molecule has 1 aromatic carbocycles. The van der Waals surface area contributed by atoms with E-state index in [2.05, 4.69) is 24.1 Å². The molecule has 0 atom stereocenters. The van der Waals surface area contributed by atoms with Crippen LogP contribution in [0.1, 0.15) is 33.1 Å². The van der Waals surface area contributed by atoms with Gasteiger partial charge in [0.15, 0.2) is 11.6 Å². The van der Waals surface area contributed by atoms with Gasteiger partial charge in [-0.2, -0.15) is 0 Å². The molecule has 0 saturated carbocycles. The fraction of sp³-hybridized carbons (Fsp3) is 0.625. The number of ether oxygens (including phenoxy) is 1. The van der Waals surface area contributed by atoms with Crippen LogP contribution in [0.25, 0.3) is 0 Å². The van der Waals surface area contributed by atoms with Gasteiger partial charge in [-0.1, -0.05) is 13.8 Å². The van der Waals surface area contributed by atoms with Crippen LogP contribution < -0.4 is 15.0 Å². The Hall–Kier alpha value is -1.29. The van der Waals surface area contributed by atoms with Crippen LogP contribution in [-0.2, 0) is 0 Å². The van der Waals surface area contributed by atoms with E-state index in [4.69, 9.17) is 4.74 Å². The molecule has 0 aliphatic carbocycles. The van der Waals surface area contributed by atoms with Crippen molar-refractivity contribution in [2.45, 2.75) is 38.6 Å². The van der Waals surface area contributed by atoms with Gasteiger partial charge in [0.05, 0.1) is 7.11 Å². The summed E-state index contributed by atoms with van der Waals surface area (Å²) in [4.78, 5) is 2.29. The van der Waals surface area contributed by atoms with Gasteiger partial charge in [0.2, 0.25) is 0 Å². The van der Waals surface area contributed by atoms with E-state index in [1.807, 2.05) is 6.07 Å². The molecule has 1 heterocycles. The summed E-state index contributed by atoms with van der Waals surface area (Å²) in [5.74, 6) is 0.0137. The van der Waals surface area contributed by atoms with Gasteiger partial charge in [0.1, 0.15) is 0 Å². The molecular weight excluding hydrogens is 255 g/mol. The minimum Gasteiger partial charge on any atom is -0.494 e. The smallest absolute Gasteiger partial charge is 0.167 e. The lowest BCUT2D eigenvalue weighted by molar-refractivity contribution is 0.321. The lowest BCUT2D eigenvalue weighted by Gasteiger charge is -2.36. The van der Waals surface area contributed by atoms with Crippen LogP contribution in [0.3, 0.4) is 0 Å². The molecule has 0 unspecified atom stereocenters. The number of hydrogen-bond acceptors (Lipinski definition) is 3. The third-order valence-electron chi connectivity index (χ3n) is 4.45. The molecule has 2 rings (SSSR count). The molecule has 1 aliphatic heterocycles. The first-order valence-electron chi connectivity index (χ1n) is 7.47. The number of rotatable bonds is 4. The maximum Gasteiger partial charge on any atom is 0.167 e. The van der Waals surface area contributed by atoms with Crippen molar-refractivity contribution in [2.75, 3.05) is 31.6 Å². The second kappa shape index (κ2) is 6.44. The SMILES string of the molecule is CCC1(CC)CN(c2ccc(OC)c(F)c2)CCCN1. The molecule has 1 N–H and O–H groups in total. The van der Waals surface area contributed by atoms with E-state index in [1.165, 1.54) is 7.11 Å². The molecular formula is C16H25FN2O. The van der Waals surface area contributed by atoms with Crippen LogP contribution in [0, 0.1) is 5.82 Å². The zero-order valence-corrected chi connectivity index (χ0v) is 12.7. The maximum atomic E-state index is 13.9. The summed E-state index contributed by atoms with van der Waals surface area (Å²) in [6, 6.07) is 5.24. The molecule has 112 valence electrons.